The first kappa shape index (κ1) is 7.60. The maximum Gasteiger partial charge on any atom is 0.114 e. The highest BCUT2D eigenvalue weighted by molar-refractivity contribution is 7.99. The van der Waals surface area contributed by atoms with Crippen LogP contribution in [0.3, 0.4) is 0 Å². The summed E-state index contributed by atoms with van der Waals surface area (Å²) in [5, 5.41) is 8.86. The van der Waals surface area contributed by atoms with Gasteiger partial charge in [-0.2, -0.15) is 0 Å². The molecule has 0 saturated carbocycles. The Bertz CT molecular complexity index is 197. The molecule has 4 heteroatoms. The van der Waals surface area contributed by atoms with Crippen molar-refractivity contribution >= 4 is 11.8 Å². The maximum atomic E-state index is 3.90. The van der Waals surface area contributed by atoms with Crippen LogP contribution in [0, 0.1) is 0 Å². The fraction of sp³-hybridized carbons (Fsp3) is 0.667. The molecule has 0 spiro atoms. The molecule has 0 saturated heterocycles. The average Bonchev–Trinajstić information content (AvgIpc) is 2.36. The van der Waals surface area contributed by atoms with Gasteiger partial charge < -0.3 is 0 Å². The third-order valence-corrected chi connectivity index (χ3v) is 2.07. The second kappa shape index (κ2) is 3.61. The fourth-order valence-corrected chi connectivity index (χ4v) is 1.46. The van der Waals surface area contributed by atoms with E-state index in [1.807, 2.05) is 4.68 Å². The van der Waals surface area contributed by atoms with E-state index < -0.39 is 0 Å². The summed E-state index contributed by atoms with van der Waals surface area (Å²) in [6.45, 7) is 5.09. The fourth-order valence-electron chi connectivity index (χ4n) is 0.727. The number of aromatic nitrogens is 3. The number of aryl methyl sites for hydroxylation is 1. The summed E-state index contributed by atoms with van der Waals surface area (Å²) in [6, 6.07) is 0. The van der Waals surface area contributed by atoms with Crippen molar-refractivity contribution in [2.75, 3.05) is 5.75 Å². The normalized spacial score (nSPS) is 10.2. The molecule has 1 aromatic heterocycles. The molecule has 0 fully saturated rings. The van der Waals surface area contributed by atoms with Gasteiger partial charge in [0.2, 0.25) is 0 Å². The van der Waals surface area contributed by atoms with Crippen molar-refractivity contribution in [3.05, 3.63) is 6.20 Å². The first-order valence-electron chi connectivity index (χ1n) is 3.39. The summed E-state index contributed by atoms with van der Waals surface area (Å²) in [7, 11) is 0. The van der Waals surface area contributed by atoms with E-state index in [2.05, 4.69) is 24.2 Å². The van der Waals surface area contributed by atoms with Crippen molar-refractivity contribution in [2.24, 2.45) is 0 Å². The minimum atomic E-state index is 0.905. The minimum absolute atomic E-state index is 0.905. The molecule has 0 aliphatic carbocycles. The van der Waals surface area contributed by atoms with E-state index in [4.69, 9.17) is 0 Å². The Morgan fingerprint density at radius 3 is 3.00 bits per heavy atom. The van der Waals surface area contributed by atoms with Crippen LogP contribution in [0.1, 0.15) is 13.8 Å². The highest BCUT2D eigenvalue weighted by Crippen LogP contribution is 2.14. The summed E-state index contributed by atoms with van der Waals surface area (Å²) in [5.74, 6) is 1.08. The Balaban J connectivity index is 2.70. The molecule has 3 nitrogen and oxygen atoms in total. The molecular formula is C6H11N3S. The molecule has 1 aromatic rings. The zero-order valence-corrected chi connectivity index (χ0v) is 7.06. The zero-order valence-electron chi connectivity index (χ0n) is 6.24. The van der Waals surface area contributed by atoms with Gasteiger partial charge >= 0.3 is 0 Å². The van der Waals surface area contributed by atoms with Gasteiger partial charge in [-0.15, -0.1) is 16.9 Å². The van der Waals surface area contributed by atoms with Gasteiger partial charge in [0.05, 0.1) is 6.20 Å². The van der Waals surface area contributed by atoms with Crippen LogP contribution in [0.25, 0.3) is 0 Å². The summed E-state index contributed by atoms with van der Waals surface area (Å²) in [6.07, 6.45) is 1.80. The molecule has 56 valence electrons. The Morgan fingerprint density at radius 2 is 2.40 bits per heavy atom. The van der Waals surface area contributed by atoms with Gasteiger partial charge in [0.15, 0.2) is 0 Å². The van der Waals surface area contributed by atoms with Gasteiger partial charge in [-0.05, 0) is 12.7 Å². The second-order valence-electron chi connectivity index (χ2n) is 1.82. The van der Waals surface area contributed by atoms with Gasteiger partial charge in [0.1, 0.15) is 5.03 Å². The highest BCUT2D eigenvalue weighted by atomic mass is 32.2. The Hall–Kier alpha value is -0.510. The first-order valence-corrected chi connectivity index (χ1v) is 4.38. The van der Waals surface area contributed by atoms with Crippen LogP contribution in [-0.2, 0) is 6.54 Å². The second-order valence-corrected chi connectivity index (χ2v) is 3.11. The first-order chi connectivity index (χ1) is 4.88. The Morgan fingerprint density at radius 1 is 1.60 bits per heavy atom. The molecule has 0 unspecified atom stereocenters. The van der Waals surface area contributed by atoms with Gasteiger partial charge in [-0.1, -0.05) is 12.1 Å². The molecule has 0 aromatic carbocycles. The summed E-state index contributed by atoms with van der Waals surface area (Å²) >= 11 is 1.77. The van der Waals surface area contributed by atoms with Crippen LogP contribution >= 0.6 is 11.8 Å². The van der Waals surface area contributed by atoms with E-state index in [0.717, 1.165) is 17.3 Å². The molecular weight excluding hydrogens is 146 g/mol. The number of rotatable bonds is 3. The van der Waals surface area contributed by atoms with Crippen LogP contribution in [-0.4, -0.2) is 20.7 Å². The molecule has 0 aliphatic heterocycles. The lowest BCUT2D eigenvalue weighted by molar-refractivity contribution is 0.583. The molecule has 0 radical (unpaired) electrons. The Labute approximate surface area is 64.8 Å². The predicted octanol–water partition coefficient (Wildman–Crippen LogP) is 1.41. The number of nitrogens with zero attached hydrogens (tertiary/aromatic N) is 3. The van der Waals surface area contributed by atoms with Crippen molar-refractivity contribution in [1.82, 2.24) is 15.0 Å². The third kappa shape index (κ3) is 1.50. The number of thioether (sulfide) groups is 1. The Kier molecular flexibility index (Phi) is 2.74. The predicted molar refractivity (Wildman–Crippen MR) is 42.1 cm³/mol. The SMILES string of the molecule is CCSc1cnnn1CC. The van der Waals surface area contributed by atoms with Crippen molar-refractivity contribution in [3.63, 3.8) is 0 Å². The van der Waals surface area contributed by atoms with Crippen LogP contribution in [0.2, 0.25) is 0 Å². The lowest BCUT2D eigenvalue weighted by Gasteiger charge is -1.98. The lowest BCUT2D eigenvalue weighted by Crippen LogP contribution is -1.97. The van der Waals surface area contributed by atoms with E-state index in [9.17, 15) is 0 Å². The van der Waals surface area contributed by atoms with Crippen molar-refractivity contribution in [1.29, 1.82) is 0 Å². The van der Waals surface area contributed by atoms with Crippen molar-refractivity contribution in [2.45, 2.75) is 25.4 Å². The topological polar surface area (TPSA) is 30.7 Å². The van der Waals surface area contributed by atoms with Crippen LogP contribution in [0.5, 0.6) is 0 Å². The van der Waals surface area contributed by atoms with E-state index in [0.29, 0.717) is 0 Å². The molecule has 0 aliphatic rings. The van der Waals surface area contributed by atoms with E-state index in [1.165, 1.54) is 0 Å². The van der Waals surface area contributed by atoms with E-state index in [1.54, 1.807) is 18.0 Å². The summed E-state index contributed by atoms with van der Waals surface area (Å²) in [5.41, 5.74) is 0. The molecule has 0 bridgehead atoms. The molecule has 0 amide bonds. The van der Waals surface area contributed by atoms with Gasteiger partial charge in [-0.3, -0.25) is 0 Å². The maximum absolute atomic E-state index is 3.90. The lowest BCUT2D eigenvalue weighted by atomic mass is 10.7. The van der Waals surface area contributed by atoms with Crippen LogP contribution < -0.4 is 0 Å². The number of hydrogen-bond acceptors (Lipinski definition) is 3. The smallest absolute Gasteiger partial charge is 0.114 e. The molecule has 0 atom stereocenters. The molecule has 1 rings (SSSR count). The standard InChI is InChI=1S/C6H11N3S/c1-3-9-6(10-4-2)5-7-8-9/h5H,3-4H2,1-2H3. The van der Waals surface area contributed by atoms with Gasteiger partial charge in [0, 0.05) is 6.54 Å². The molecule has 1 heterocycles. The van der Waals surface area contributed by atoms with Crippen molar-refractivity contribution in [3.8, 4) is 0 Å². The van der Waals surface area contributed by atoms with Gasteiger partial charge in [-0.25, -0.2) is 4.68 Å². The minimum Gasteiger partial charge on any atom is -0.239 e. The summed E-state index contributed by atoms with van der Waals surface area (Å²) in [4.78, 5) is 0. The highest BCUT2D eigenvalue weighted by Gasteiger charge is 1.98. The van der Waals surface area contributed by atoms with Crippen LogP contribution in [0.15, 0.2) is 11.2 Å². The molecule has 0 N–H and O–H groups in total. The van der Waals surface area contributed by atoms with Crippen LogP contribution in [0.4, 0.5) is 0 Å². The monoisotopic (exact) mass is 157 g/mol. The summed E-state index contributed by atoms with van der Waals surface area (Å²) < 4.78 is 1.90. The average molecular weight is 157 g/mol. The quantitative estimate of drug-likeness (QED) is 0.621. The molecule has 10 heavy (non-hydrogen) atoms. The van der Waals surface area contributed by atoms with E-state index in [-0.39, 0.29) is 0 Å². The zero-order chi connectivity index (χ0) is 7.40. The van der Waals surface area contributed by atoms with E-state index >= 15 is 0 Å². The largest absolute Gasteiger partial charge is 0.239 e. The third-order valence-electron chi connectivity index (χ3n) is 1.17. The van der Waals surface area contributed by atoms with Crippen molar-refractivity contribution < 1.29 is 0 Å². The van der Waals surface area contributed by atoms with Gasteiger partial charge in [0.25, 0.3) is 0 Å². The number of hydrogen-bond donors (Lipinski definition) is 0.